The number of nitrogens with zero attached hydrogens (tertiary/aromatic N) is 4. The van der Waals surface area contributed by atoms with Gasteiger partial charge in [-0.2, -0.15) is 18.3 Å². The number of thiazole rings is 1. The first-order valence-corrected chi connectivity index (χ1v) is 7.77. The van der Waals surface area contributed by atoms with Gasteiger partial charge in [-0.3, -0.25) is 4.68 Å². The summed E-state index contributed by atoms with van der Waals surface area (Å²) >= 11 is 0.965. The molecule has 10 heteroatoms. The number of aliphatic imine (C=N–C) groups is 1. The van der Waals surface area contributed by atoms with E-state index >= 15 is 0 Å². The van der Waals surface area contributed by atoms with Crippen LogP contribution in [0.5, 0.6) is 0 Å². The summed E-state index contributed by atoms with van der Waals surface area (Å²) in [6.45, 7) is 3.16. The van der Waals surface area contributed by atoms with E-state index in [-0.39, 0.29) is 6.54 Å². The summed E-state index contributed by atoms with van der Waals surface area (Å²) in [5.41, 5.74) is 0.0786. The second kappa shape index (κ2) is 7.44. The van der Waals surface area contributed by atoms with Gasteiger partial charge in [0.15, 0.2) is 11.7 Å². The maximum absolute atomic E-state index is 12.5. The van der Waals surface area contributed by atoms with Gasteiger partial charge in [0.2, 0.25) is 0 Å². The molecule has 0 aliphatic rings. The lowest BCUT2D eigenvalue weighted by molar-refractivity contribution is -0.140. The van der Waals surface area contributed by atoms with Crippen LogP contribution in [0.25, 0.3) is 0 Å². The first-order chi connectivity index (χ1) is 10.9. The molecule has 0 atom stereocenters. The molecule has 0 bridgehead atoms. The maximum Gasteiger partial charge on any atom is 0.434 e. The zero-order valence-electron chi connectivity index (χ0n) is 12.7. The van der Waals surface area contributed by atoms with Gasteiger partial charge in [0.05, 0.1) is 19.3 Å². The van der Waals surface area contributed by atoms with Crippen molar-refractivity contribution in [1.29, 1.82) is 0 Å². The summed E-state index contributed by atoms with van der Waals surface area (Å²) in [6.07, 6.45) is -0.847. The molecule has 0 radical (unpaired) electrons. The Morgan fingerprint density at radius 3 is 2.74 bits per heavy atom. The molecule has 2 rings (SSSR count). The molecule has 0 unspecified atom stereocenters. The number of alkyl halides is 3. The van der Waals surface area contributed by atoms with Crippen LogP contribution in [0.1, 0.15) is 23.2 Å². The topological polar surface area (TPSA) is 67.1 Å². The van der Waals surface area contributed by atoms with Crippen LogP contribution in [0.15, 0.2) is 22.8 Å². The van der Waals surface area contributed by atoms with Gasteiger partial charge in [0, 0.05) is 30.7 Å². The summed E-state index contributed by atoms with van der Waals surface area (Å²) in [5, 5.41) is 11.4. The molecule has 2 aromatic rings. The van der Waals surface area contributed by atoms with E-state index < -0.39 is 11.9 Å². The lowest BCUT2D eigenvalue weighted by Gasteiger charge is -2.09. The summed E-state index contributed by atoms with van der Waals surface area (Å²) in [7, 11) is 1.82. The number of aromatic nitrogens is 3. The number of hydrogen-bond donors (Lipinski definition) is 2. The molecule has 2 aromatic heterocycles. The zero-order chi connectivity index (χ0) is 16.9. The van der Waals surface area contributed by atoms with Gasteiger partial charge >= 0.3 is 6.18 Å². The van der Waals surface area contributed by atoms with Crippen molar-refractivity contribution in [2.45, 2.75) is 26.2 Å². The molecule has 2 N–H and O–H groups in total. The van der Waals surface area contributed by atoms with E-state index in [4.69, 9.17) is 0 Å². The van der Waals surface area contributed by atoms with E-state index in [2.05, 4.69) is 25.7 Å². The van der Waals surface area contributed by atoms with Crippen molar-refractivity contribution < 1.29 is 13.2 Å². The molecule has 0 aliphatic heterocycles. The molecule has 0 aromatic carbocycles. The van der Waals surface area contributed by atoms with E-state index in [1.54, 1.807) is 10.9 Å². The van der Waals surface area contributed by atoms with Crippen LogP contribution in [0.2, 0.25) is 0 Å². The number of halogens is 3. The first kappa shape index (κ1) is 17.3. The van der Waals surface area contributed by atoms with Gasteiger partial charge in [0.1, 0.15) is 5.01 Å². The second-order valence-electron chi connectivity index (χ2n) is 4.70. The average Bonchev–Trinajstić information content (AvgIpc) is 3.10. The van der Waals surface area contributed by atoms with Crippen molar-refractivity contribution in [1.82, 2.24) is 25.4 Å². The van der Waals surface area contributed by atoms with E-state index in [1.165, 1.54) is 0 Å². The Balaban J connectivity index is 1.95. The average molecular weight is 346 g/mol. The second-order valence-corrected chi connectivity index (χ2v) is 5.64. The van der Waals surface area contributed by atoms with Gasteiger partial charge in [-0.15, -0.1) is 11.3 Å². The minimum absolute atomic E-state index is 0.180. The minimum Gasteiger partial charge on any atom is -0.357 e. The molecule has 0 fully saturated rings. The molecular formula is C13H17F3N6S. The van der Waals surface area contributed by atoms with Crippen LogP contribution in [-0.4, -0.2) is 27.3 Å². The SMILES string of the molecule is CCNC(=NCc1cnn(C)c1)NCc1nc(C(F)(F)F)cs1. The van der Waals surface area contributed by atoms with Crippen LogP contribution >= 0.6 is 11.3 Å². The van der Waals surface area contributed by atoms with Crippen molar-refractivity contribution in [3.63, 3.8) is 0 Å². The molecule has 0 amide bonds. The van der Waals surface area contributed by atoms with Crippen LogP contribution < -0.4 is 10.6 Å². The standard InChI is InChI=1S/C13H17F3N6S/c1-3-17-12(18-4-9-5-20-22(2)7-9)19-6-11-21-10(8-23-11)13(14,15)16/h5,7-8H,3-4,6H2,1-2H3,(H2,17,18,19). The predicted octanol–water partition coefficient (Wildman–Crippen LogP) is 2.15. The molecule has 2 heterocycles. The Bertz CT molecular complexity index is 661. The van der Waals surface area contributed by atoms with Gasteiger partial charge in [-0.05, 0) is 6.92 Å². The van der Waals surface area contributed by atoms with Crippen LogP contribution in [0.4, 0.5) is 13.2 Å². The largest absolute Gasteiger partial charge is 0.434 e. The van der Waals surface area contributed by atoms with Crippen LogP contribution in [0.3, 0.4) is 0 Å². The smallest absolute Gasteiger partial charge is 0.357 e. The monoisotopic (exact) mass is 346 g/mol. The van der Waals surface area contributed by atoms with E-state index in [0.717, 1.165) is 22.3 Å². The first-order valence-electron chi connectivity index (χ1n) is 6.89. The lowest BCUT2D eigenvalue weighted by atomic mass is 10.4. The summed E-state index contributed by atoms with van der Waals surface area (Å²) in [5.74, 6) is 0.514. The van der Waals surface area contributed by atoms with Crippen molar-refractivity contribution in [3.05, 3.63) is 34.0 Å². The Morgan fingerprint density at radius 2 is 2.17 bits per heavy atom. The van der Waals surface area contributed by atoms with Crippen molar-refractivity contribution in [3.8, 4) is 0 Å². The van der Waals surface area contributed by atoms with Gasteiger partial charge in [0.25, 0.3) is 0 Å². The normalized spacial score (nSPS) is 12.5. The quantitative estimate of drug-likeness (QED) is 0.643. The molecule has 126 valence electrons. The third-order valence-electron chi connectivity index (χ3n) is 2.77. The summed E-state index contributed by atoms with van der Waals surface area (Å²) in [6, 6.07) is 0. The fourth-order valence-corrected chi connectivity index (χ4v) is 2.49. The van der Waals surface area contributed by atoms with E-state index in [1.807, 2.05) is 20.2 Å². The van der Waals surface area contributed by atoms with Crippen molar-refractivity contribution in [2.24, 2.45) is 12.0 Å². The minimum atomic E-state index is -4.41. The highest BCUT2D eigenvalue weighted by Gasteiger charge is 2.33. The molecule has 0 spiro atoms. The summed E-state index contributed by atoms with van der Waals surface area (Å²) in [4.78, 5) is 7.93. The van der Waals surface area contributed by atoms with Gasteiger partial charge < -0.3 is 10.6 Å². The highest BCUT2D eigenvalue weighted by atomic mass is 32.1. The van der Waals surface area contributed by atoms with Crippen molar-refractivity contribution >= 4 is 17.3 Å². The fraction of sp³-hybridized carbons (Fsp3) is 0.462. The lowest BCUT2D eigenvalue weighted by Crippen LogP contribution is -2.36. The zero-order valence-corrected chi connectivity index (χ0v) is 13.5. The highest BCUT2D eigenvalue weighted by molar-refractivity contribution is 7.09. The maximum atomic E-state index is 12.5. The number of hydrogen-bond acceptors (Lipinski definition) is 4. The fourth-order valence-electron chi connectivity index (χ4n) is 1.75. The number of rotatable bonds is 5. The highest BCUT2D eigenvalue weighted by Crippen LogP contribution is 2.29. The molecule has 0 saturated carbocycles. The van der Waals surface area contributed by atoms with E-state index in [9.17, 15) is 13.2 Å². The van der Waals surface area contributed by atoms with Gasteiger partial charge in [-0.25, -0.2) is 9.98 Å². The third-order valence-corrected chi connectivity index (χ3v) is 3.62. The summed E-state index contributed by atoms with van der Waals surface area (Å²) < 4.78 is 39.2. The Kier molecular flexibility index (Phi) is 5.59. The molecule has 0 aliphatic carbocycles. The Hall–Kier alpha value is -2.10. The van der Waals surface area contributed by atoms with Crippen molar-refractivity contribution in [2.75, 3.05) is 6.54 Å². The molecule has 0 saturated heterocycles. The van der Waals surface area contributed by atoms with E-state index in [0.29, 0.717) is 24.1 Å². The van der Waals surface area contributed by atoms with Gasteiger partial charge in [-0.1, -0.05) is 0 Å². The Morgan fingerprint density at radius 1 is 1.39 bits per heavy atom. The molecule has 6 nitrogen and oxygen atoms in total. The molecule has 23 heavy (non-hydrogen) atoms. The van der Waals surface area contributed by atoms with Crippen LogP contribution in [0, 0.1) is 0 Å². The number of aryl methyl sites for hydroxylation is 1. The molecular weight excluding hydrogens is 329 g/mol. The predicted molar refractivity (Wildman–Crippen MR) is 82.0 cm³/mol. The number of guanidine groups is 1. The third kappa shape index (κ3) is 5.23. The van der Waals surface area contributed by atoms with Crippen LogP contribution in [-0.2, 0) is 26.3 Å². The Labute approximate surface area is 135 Å². The number of nitrogens with one attached hydrogen (secondary N) is 2.